The Kier molecular flexibility index (Phi) is 4.36. The van der Waals surface area contributed by atoms with Crippen molar-refractivity contribution in [2.45, 2.75) is 52.5 Å². The number of aromatic nitrogens is 2. The molecule has 0 saturated heterocycles. The van der Waals surface area contributed by atoms with E-state index in [1.54, 1.807) is 0 Å². The molecule has 1 atom stereocenters. The highest BCUT2D eigenvalue weighted by atomic mass is 32.1. The van der Waals surface area contributed by atoms with E-state index in [0.29, 0.717) is 6.04 Å². The van der Waals surface area contributed by atoms with Crippen LogP contribution >= 0.6 is 11.3 Å². The largest absolute Gasteiger partial charge is 0.310 e. The molecular formula is C17H23N3S. The topological polar surface area (TPSA) is 37.8 Å². The lowest BCUT2D eigenvalue weighted by Gasteiger charge is -2.25. The van der Waals surface area contributed by atoms with E-state index in [1.807, 2.05) is 11.3 Å². The van der Waals surface area contributed by atoms with Gasteiger partial charge in [-0.1, -0.05) is 6.92 Å². The SMILES string of the molecule is CCCNC1CCCc2nc(-c3cc(C)sc3C)ncc21. The fourth-order valence-corrected chi connectivity index (χ4v) is 3.98. The van der Waals surface area contributed by atoms with Crippen molar-refractivity contribution in [1.29, 1.82) is 0 Å². The molecule has 3 nitrogen and oxygen atoms in total. The lowest BCUT2D eigenvalue weighted by Crippen LogP contribution is -2.26. The van der Waals surface area contributed by atoms with Gasteiger partial charge in [0.2, 0.25) is 0 Å². The van der Waals surface area contributed by atoms with E-state index in [0.717, 1.165) is 25.2 Å². The lowest BCUT2D eigenvalue weighted by molar-refractivity contribution is 0.454. The lowest BCUT2D eigenvalue weighted by atomic mass is 9.92. The molecule has 1 N–H and O–H groups in total. The molecule has 0 saturated carbocycles. The van der Waals surface area contributed by atoms with E-state index in [-0.39, 0.29) is 0 Å². The van der Waals surface area contributed by atoms with Crippen molar-refractivity contribution in [3.63, 3.8) is 0 Å². The van der Waals surface area contributed by atoms with Crippen LogP contribution < -0.4 is 5.32 Å². The quantitative estimate of drug-likeness (QED) is 0.919. The number of fused-ring (bicyclic) bond motifs is 1. The van der Waals surface area contributed by atoms with Crippen LogP contribution in [0.1, 0.15) is 53.2 Å². The smallest absolute Gasteiger partial charge is 0.160 e. The number of hydrogen-bond acceptors (Lipinski definition) is 4. The molecule has 0 aromatic carbocycles. The molecule has 0 aliphatic heterocycles. The van der Waals surface area contributed by atoms with Crippen LogP contribution in [0.5, 0.6) is 0 Å². The maximum Gasteiger partial charge on any atom is 0.160 e. The highest BCUT2D eigenvalue weighted by molar-refractivity contribution is 7.12. The number of nitrogens with one attached hydrogen (secondary N) is 1. The molecule has 3 rings (SSSR count). The summed E-state index contributed by atoms with van der Waals surface area (Å²) in [6.45, 7) is 7.57. The average molecular weight is 301 g/mol. The van der Waals surface area contributed by atoms with Crippen LogP contribution in [0.4, 0.5) is 0 Å². The van der Waals surface area contributed by atoms with Gasteiger partial charge in [0, 0.05) is 38.8 Å². The zero-order chi connectivity index (χ0) is 14.8. The summed E-state index contributed by atoms with van der Waals surface area (Å²) in [5.74, 6) is 0.895. The zero-order valence-corrected chi connectivity index (χ0v) is 13.9. The van der Waals surface area contributed by atoms with Crippen molar-refractivity contribution < 1.29 is 0 Å². The van der Waals surface area contributed by atoms with Crippen LogP contribution in [0.3, 0.4) is 0 Å². The third-order valence-corrected chi connectivity index (χ3v) is 5.07. The second-order valence-corrected chi connectivity index (χ2v) is 7.28. The molecule has 4 heteroatoms. The maximum atomic E-state index is 4.87. The van der Waals surface area contributed by atoms with Gasteiger partial charge >= 0.3 is 0 Å². The number of hydrogen-bond donors (Lipinski definition) is 1. The van der Waals surface area contributed by atoms with Gasteiger partial charge in [0.15, 0.2) is 5.82 Å². The first-order chi connectivity index (χ1) is 10.2. The first-order valence-electron chi connectivity index (χ1n) is 7.85. The average Bonchev–Trinajstić information content (AvgIpc) is 2.83. The molecule has 2 aromatic rings. The molecule has 0 bridgehead atoms. The minimum Gasteiger partial charge on any atom is -0.310 e. The Morgan fingerprint density at radius 3 is 2.95 bits per heavy atom. The van der Waals surface area contributed by atoms with E-state index in [2.05, 4.69) is 43.3 Å². The molecule has 21 heavy (non-hydrogen) atoms. The van der Waals surface area contributed by atoms with Crippen LogP contribution in [-0.4, -0.2) is 16.5 Å². The summed E-state index contributed by atoms with van der Waals surface area (Å²) < 4.78 is 0. The van der Waals surface area contributed by atoms with Crippen molar-refractivity contribution in [1.82, 2.24) is 15.3 Å². The maximum absolute atomic E-state index is 4.87. The summed E-state index contributed by atoms with van der Waals surface area (Å²) in [5.41, 5.74) is 3.75. The molecule has 2 aromatic heterocycles. The van der Waals surface area contributed by atoms with Gasteiger partial charge in [-0.3, -0.25) is 0 Å². The van der Waals surface area contributed by atoms with Crippen molar-refractivity contribution in [2.75, 3.05) is 6.54 Å². The minimum atomic E-state index is 0.438. The first-order valence-corrected chi connectivity index (χ1v) is 8.67. The van der Waals surface area contributed by atoms with Gasteiger partial charge in [0.1, 0.15) is 0 Å². The third kappa shape index (κ3) is 3.01. The summed E-state index contributed by atoms with van der Waals surface area (Å²) in [7, 11) is 0. The standard InChI is InChI=1S/C17H23N3S/c1-4-8-18-15-6-5-7-16-14(15)10-19-17(20-16)13-9-11(2)21-12(13)3/h9-10,15,18H,4-8H2,1-3H3. The minimum absolute atomic E-state index is 0.438. The monoisotopic (exact) mass is 301 g/mol. The van der Waals surface area contributed by atoms with Gasteiger partial charge < -0.3 is 5.32 Å². The molecular weight excluding hydrogens is 278 g/mol. The van der Waals surface area contributed by atoms with E-state index in [1.165, 1.54) is 39.4 Å². The number of aryl methyl sites for hydroxylation is 3. The Bertz CT molecular complexity index is 633. The predicted molar refractivity (Wildman–Crippen MR) is 88.8 cm³/mol. The van der Waals surface area contributed by atoms with Gasteiger partial charge in [0.25, 0.3) is 0 Å². The summed E-state index contributed by atoms with van der Waals surface area (Å²) in [6, 6.07) is 2.64. The van der Waals surface area contributed by atoms with E-state index < -0.39 is 0 Å². The number of nitrogens with zero attached hydrogens (tertiary/aromatic N) is 2. The molecule has 112 valence electrons. The van der Waals surface area contributed by atoms with E-state index in [4.69, 9.17) is 4.98 Å². The molecule has 0 fully saturated rings. The van der Waals surface area contributed by atoms with Gasteiger partial charge in [-0.25, -0.2) is 9.97 Å². The Balaban J connectivity index is 1.92. The predicted octanol–water partition coefficient (Wildman–Crippen LogP) is 4.20. The van der Waals surface area contributed by atoms with Gasteiger partial charge in [-0.05, 0) is 52.1 Å². The second kappa shape index (κ2) is 6.24. The van der Waals surface area contributed by atoms with E-state index >= 15 is 0 Å². The van der Waals surface area contributed by atoms with Crippen LogP contribution in [0, 0.1) is 13.8 Å². The van der Waals surface area contributed by atoms with Crippen molar-refractivity contribution in [3.8, 4) is 11.4 Å². The highest BCUT2D eigenvalue weighted by Crippen LogP contribution is 2.32. The van der Waals surface area contributed by atoms with Gasteiger partial charge in [-0.15, -0.1) is 11.3 Å². The Morgan fingerprint density at radius 2 is 2.24 bits per heavy atom. The van der Waals surface area contributed by atoms with Crippen LogP contribution in [0.25, 0.3) is 11.4 Å². The Labute approximate surface area is 130 Å². The Morgan fingerprint density at radius 1 is 1.38 bits per heavy atom. The van der Waals surface area contributed by atoms with Crippen LogP contribution in [0.2, 0.25) is 0 Å². The van der Waals surface area contributed by atoms with Crippen molar-refractivity contribution in [3.05, 3.63) is 33.3 Å². The molecule has 0 spiro atoms. The van der Waals surface area contributed by atoms with Gasteiger partial charge in [0.05, 0.1) is 0 Å². The van der Waals surface area contributed by atoms with Crippen molar-refractivity contribution in [2.24, 2.45) is 0 Å². The number of thiophene rings is 1. The molecule has 1 unspecified atom stereocenters. The normalized spacial score (nSPS) is 17.8. The Hall–Kier alpha value is -1.26. The molecule has 2 heterocycles. The third-order valence-electron chi connectivity index (χ3n) is 4.10. The fourth-order valence-electron chi connectivity index (χ4n) is 3.06. The first kappa shape index (κ1) is 14.7. The molecule has 1 aliphatic carbocycles. The molecule has 0 radical (unpaired) electrons. The van der Waals surface area contributed by atoms with Crippen LogP contribution in [-0.2, 0) is 6.42 Å². The second-order valence-electron chi connectivity index (χ2n) is 5.82. The van der Waals surface area contributed by atoms with Crippen LogP contribution in [0.15, 0.2) is 12.3 Å². The summed E-state index contributed by atoms with van der Waals surface area (Å²) >= 11 is 1.82. The van der Waals surface area contributed by atoms with Gasteiger partial charge in [-0.2, -0.15) is 0 Å². The molecule has 0 amide bonds. The summed E-state index contributed by atoms with van der Waals surface area (Å²) in [4.78, 5) is 12.2. The summed E-state index contributed by atoms with van der Waals surface area (Å²) in [6.07, 6.45) is 6.71. The highest BCUT2D eigenvalue weighted by Gasteiger charge is 2.22. The fraction of sp³-hybridized carbons (Fsp3) is 0.529. The van der Waals surface area contributed by atoms with Crippen molar-refractivity contribution >= 4 is 11.3 Å². The van der Waals surface area contributed by atoms with E-state index in [9.17, 15) is 0 Å². The molecule has 1 aliphatic rings. The number of rotatable bonds is 4. The zero-order valence-electron chi connectivity index (χ0n) is 13.1. The summed E-state index contributed by atoms with van der Waals surface area (Å²) in [5, 5.41) is 3.62.